The van der Waals surface area contributed by atoms with Gasteiger partial charge in [-0.2, -0.15) is 0 Å². The SMILES string of the molecule is CC1(C)c2ccccc2-c2ccc(N(c3ccc(-c4ccc5ccccc5c4)cc3)c3ccc(-c4ccc5ccccc5c4)cc3)cc21. The van der Waals surface area contributed by atoms with E-state index in [2.05, 4.69) is 195 Å². The third-order valence-electron chi connectivity index (χ3n) is 10.2. The zero-order valence-corrected chi connectivity index (χ0v) is 27.2. The summed E-state index contributed by atoms with van der Waals surface area (Å²) < 4.78 is 0. The van der Waals surface area contributed by atoms with E-state index < -0.39 is 0 Å². The van der Waals surface area contributed by atoms with Crippen LogP contribution in [0, 0.1) is 0 Å². The van der Waals surface area contributed by atoms with Crippen LogP contribution in [0.3, 0.4) is 0 Å². The minimum absolute atomic E-state index is 0.0759. The van der Waals surface area contributed by atoms with E-state index in [0.29, 0.717) is 0 Å². The van der Waals surface area contributed by atoms with Crippen molar-refractivity contribution in [1.82, 2.24) is 0 Å². The fourth-order valence-electron chi connectivity index (χ4n) is 7.62. The third-order valence-corrected chi connectivity index (χ3v) is 10.2. The standard InChI is InChI=1S/C47H35N/c1-47(2)45-14-8-7-13-43(45)44-28-27-42(31-46(44)47)48(40-23-19-34(20-24-40)38-17-15-32-9-3-5-11-36(32)29-38)41-25-21-35(22-26-41)39-18-16-33-10-4-6-12-37(33)30-39/h3-31H,1-2H3. The van der Waals surface area contributed by atoms with E-state index in [9.17, 15) is 0 Å². The molecule has 0 amide bonds. The number of rotatable bonds is 5. The maximum absolute atomic E-state index is 2.41. The molecule has 8 aromatic rings. The van der Waals surface area contributed by atoms with Gasteiger partial charge < -0.3 is 4.90 Å². The number of fused-ring (bicyclic) bond motifs is 5. The Kier molecular flexibility index (Phi) is 6.55. The summed E-state index contributed by atoms with van der Waals surface area (Å²) in [6, 6.07) is 64.5. The first-order chi connectivity index (χ1) is 23.5. The van der Waals surface area contributed by atoms with Gasteiger partial charge in [-0.1, -0.05) is 141 Å². The second-order valence-electron chi connectivity index (χ2n) is 13.5. The first kappa shape index (κ1) is 28.3. The summed E-state index contributed by atoms with van der Waals surface area (Å²) in [6.45, 7) is 4.70. The molecule has 9 rings (SSSR count). The lowest BCUT2D eigenvalue weighted by Gasteiger charge is -2.28. The Labute approximate surface area is 282 Å². The molecule has 0 saturated carbocycles. The highest BCUT2D eigenvalue weighted by Crippen LogP contribution is 2.50. The minimum Gasteiger partial charge on any atom is -0.310 e. The predicted octanol–water partition coefficient (Wildman–Crippen LogP) is 13.1. The van der Waals surface area contributed by atoms with E-state index in [0.717, 1.165) is 17.1 Å². The van der Waals surface area contributed by atoms with E-state index in [1.165, 1.54) is 66.1 Å². The predicted molar refractivity (Wildman–Crippen MR) is 205 cm³/mol. The third kappa shape index (κ3) is 4.70. The second kappa shape index (κ2) is 11.1. The Bertz CT molecular complexity index is 2340. The lowest BCUT2D eigenvalue weighted by Crippen LogP contribution is -2.16. The Balaban J connectivity index is 1.14. The maximum atomic E-state index is 2.41. The molecule has 0 radical (unpaired) electrons. The molecule has 0 saturated heterocycles. The van der Waals surface area contributed by atoms with Crippen LogP contribution in [0.25, 0.3) is 54.9 Å². The van der Waals surface area contributed by atoms with Gasteiger partial charge >= 0.3 is 0 Å². The smallest absolute Gasteiger partial charge is 0.0465 e. The molecule has 0 unspecified atom stereocenters. The van der Waals surface area contributed by atoms with Crippen LogP contribution >= 0.6 is 0 Å². The zero-order chi connectivity index (χ0) is 32.2. The Morgan fingerprint density at radius 3 is 1.33 bits per heavy atom. The van der Waals surface area contributed by atoms with Crippen molar-refractivity contribution < 1.29 is 0 Å². The van der Waals surface area contributed by atoms with Crippen LogP contribution in [0.4, 0.5) is 17.1 Å². The molecule has 1 nitrogen and oxygen atoms in total. The van der Waals surface area contributed by atoms with Crippen molar-refractivity contribution in [3.05, 3.63) is 187 Å². The fourth-order valence-corrected chi connectivity index (χ4v) is 7.62. The van der Waals surface area contributed by atoms with Gasteiger partial charge in [0.1, 0.15) is 0 Å². The second-order valence-corrected chi connectivity index (χ2v) is 13.5. The molecule has 1 aliphatic carbocycles. The number of anilines is 3. The van der Waals surface area contributed by atoms with Gasteiger partial charge in [-0.15, -0.1) is 0 Å². The summed E-state index contributed by atoms with van der Waals surface area (Å²) in [5.41, 5.74) is 13.6. The van der Waals surface area contributed by atoms with Gasteiger partial charge in [0.15, 0.2) is 0 Å². The monoisotopic (exact) mass is 613 g/mol. The molecule has 0 spiro atoms. The molecule has 48 heavy (non-hydrogen) atoms. The first-order valence-electron chi connectivity index (χ1n) is 16.8. The van der Waals surface area contributed by atoms with Crippen molar-refractivity contribution in [2.45, 2.75) is 19.3 Å². The Morgan fingerprint density at radius 2 is 0.771 bits per heavy atom. The Morgan fingerprint density at radius 1 is 0.333 bits per heavy atom. The van der Waals surface area contributed by atoms with E-state index in [1.54, 1.807) is 0 Å². The number of hydrogen-bond acceptors (Lipinski definition) is 1. The molecular weight excluding hydrogens is 579 g/mol. The van der Waals surface area contributed by atoms with Crippen molar-refractivity contribution in [3.8, 4) is 33.4 Å². The van der Waals surface area contributed by atoms with Gasteiger partial charge in [0.2, 0.25) is 0 Å². The number of benzene rings is 8. The molecule has 8 aromatic carbocycles. The first-order valence-corrected chi connectivity index (χ1v) is 16.8. The number of hydrogen-bond donors (Lipinski definition) is 0. The number of nitrogens with zero attached hydrogens (tertiary/aromatic N) is 1. The minimum atomic E-state index is -0.0759. The molecule has 0 aromatic heterocycles. The quantitative estimate of drug-likeness (QED) is 0.187. The summed E-state index contributed by atoms with van der Waals surface area (Å²) in [6.07, 6.45) is 0. The summed E-state index contributed by atoms with van der Waals surface area (Å²) in [4.78, 5) is 2.40. The molecule has 0 aliphatic heterocycles. The van der Waals surface area contributed by atoms with Crippen molar-refractivity contribution >= 4 is 38.6 Å². The van der Waals surface area contributed by atoms with Gasteiger partial charge in [-0.25, -0.2) is 0 Å². The summed E-state index contributed by atoms with van der Waals surface area (Å²) >= 11 is 0. The highest BCUT2D eigenvalue weighted by Gasteiger charge is 2.35. The zero-order valence-electron chi connectivity index (χ0n) is 27.2. The molecule has 0 fully saturated rings. The molecule has 1 aliphatic rings. The summed E-state index contributed by atoms with van der Waals surface area (Å²) in [5, 5.41) is 5.04. The van der Waals surface area contributed by atoms with Crippen molar-refractivity contribution in [3.63, 3.8) is 0 Å². The van der Waals surface area contributed by atoms with Gasteiger partial charge in [-0.3, -0.25) is 0 Å². The maximum Gasteiger partial charge on any atom is 0.0465 e. The Hall–Kier alpha value is -5.92. The van der Waals surface area contributed by atoms with E-state index in [4.69, 9.17) is 0 Å². The van der Waals surface area contributed by atoms with E-state index in [1.807, 2.05) is 0 Å². The van der Waals surface area contributed by atoms with E-state index in [-0.39, 0.29) is 5.41 Å². The molecule has 0 heterocycles. The van der Waals surface area contributed by atoms with Crippen LogP contribution in [0.15, 0.2) is 176 Å². The van der Waals surface area contributed by atoms with Crippen molar-refractivity contribution in [2.24, 2.45) is 0 Å². The van der Waals surface area contributed by atoms with Crippen LogP contribution in [0.2, 0.25) is 0 Å². The average molecular weight is 614 g/mol. The fraction of sp³-hybridized carbons (Fsp3) is 0.0638. The molecule has 1 heteroatoms. The lowest BCUT2D eigenvalue weighted by molar-refractivity contribution is 0.660. The molecule has 0 atom stereocenters. The average Bonchev–Trinajstić information content (AvgIpc) is 3.37. The van der Waals surface area contributed by atoms with Crippen LogP contribution in [-0.4, -0.2) is 0 Å². The highest BCUT2D eigenvalue weighted by molar-refractivity contribution is 5.90. The van der Waals surface area contributed by atoms with E-state index >= 15 is 0 Å². The van der Waals surface area contributed by atoms with Gasteiger partial charge in [0.05, 0.1) is 0 Å². The highest BCUT2D eigenvalue weighted by atomic mass is 15.1. The van der Waals surface area contributed by atoms with Gasteiger partial charge in [0, 0.05) is 22.5 Å². The largest absolute Gasteiger partial charge is 0.310 e. The topological polar surface area (TPSA) is 3.24 Å². The summed E-state index contributed by atoms with van der Waals surface area (Å²) in [7, 11) is 0. The van der Waals surface area contributed by atoms with Gasteiger partial charge in [0.25, 0.3) is 0 Å². The van der Waals surface area contributed by atoms with Crippen LogP contribution in [0.1, 0.15) is 25.0 Å². The normalized spacial score (nSPS) is 13.0. The van der Waals surface area contributed by atoms with Crippen molar-refractivity contribution in [2.75, 3.05) is 4.90 Å². The van der Waals surface area contributed by atoms with Crippen LogP contribution in [0.5, 0.6) is 0 Å². The lowest BCUT2D eigenvalue weighted by atomic mass is 9.82. The molecular formula is C47H35N. The van der Waals surface area contributed by atoms with Crippen molar-refractivity contribution in [1.29, 1.82) is 0 Å². The van der Waals surface area contributed by atoms with Gasteiger partial charge in [-0.05, 0) is 115 Å². The van der Waals surface area contributed by atoms with Crippen LogP contribution < -0.4 is 4.90 Å². The molecule has 0 bridgehead atoms. The van der Waals surface area contributed by atoms with Crippen LogP contribution in [-0.2, 0) is 5.41 Å². The molecule has 228 valence electrons. The molecule has 0 N–H and O–H groups in total. The summed E-state index contributed by atoms with van der Waals surface area (Å²) in [5.74, 6) is 0.